The average Bonchev–Trinajstić information content (AvgIpc) is 3.02. The van der Waals surface area contributed by atoms with Gasteiger partial charge >= 0.3 is 0 Å². The molecule has 3 heterocycles. The van der Waals surface area contributed by atoms with Gasteiger partial charge in [0.1, 0.15) is 5.75 Å². The summed E-state index contributed by atoms with van der Waals surface area (Å²) < 4.78 is 0. The fraction of sp³-hybridized carbons (Fsp3) is 0.350. The number of benzene rings is 1. The number of phenols is 1. The van der Waals surface area contributed by atoms with Crippen molar-refractivity contribution in [1.29, 1.82) is 0 Å². The molecule has 0 spiro atoms. The Labute approximate surface area is 157 Å². The molecule has 140 valence electrons. The molecule has 1 atom stereocenters. The van der Waals surface area contributed by atoms with Gasteiger partial charge < -0.3 is 15.3 Å². The van der Waals surface area contributed by atoms with Crippen LogP contribution in [0.1, 0.15) is 28.5 Å². The summed E-state index contributed by atoms with van der Waals surface area (Å²) in [4.78, 5) is 20.0. The molecule has 0 radical (unpaired) electrons. The zero-order valence-corrected chi connectivity index (χ0v) is 15.7. The first-order valence-electron chi connectivity index (χ1n) is 9.13. The van der Waals surface area contributed by atoms with E-state index in [1.165, 1.54) is 0 Å². The van der Waals surface area contributed by atoms with Gasteiger partial charge in [0.2, 0.25) is 0 Å². The highest BCUT2D eigenvalue weighted by Gasteiger charge is 2.27. The molecule has 1 unspecified atom stereocenters. The summed E-state index contributed by atoms with van der Waals surface area (Å²) in [5.41, 5.74) is 4.42. The molecule has 1 aliphatic rings. The van der Waals surface area contributed by atoms with Gasteiger partial charge in [-0.3, -0.25) is 9.89 Å². The van der Waals surface area contributed by atoms with Crippen LogP contribution in [0.15, 0.2) is 24.3 Å². The van der Waals surface area contributed by atoms with Crippen molar-refractivity contribution in [3.8, 4) is 17.0 Å². The number of aromatic nitrogens is 3. The predicted octanol–water partition coefficient (Wildman–Crippen LogP) is 2.38. The third kappa shape index (κ3) is 3.04. The summed E-state index contributed by atoms with van der Waals surface area (Å²) in [6.07, 6.45) is 0. The quantitative estimate of drug-likeness (QED) is 0.648. The number of nitrogens with zero attached hydrogens (tertiary/aromatic N) is 3. The van der Waals surface area contributed by atoms with E-state index < -0.39 is 0 Å². The third-order valence-corrected chi connectivity index (χ3v) is 5.18. The molecule has 0 saturated carbocycles. The molecule has 0 bridgehead atoms. The molecule has 7 nitrogen and oxygen atoms in total. The van der Waals surface area contributed by atoms with E-state index >= 15 is 0 Å². The van der Waals surface area contributed by atoms with Crippen LogP contribution in [-0.2, 0) is 0 Å². The van der Waals surface area contributed by atoms with Gasteiger partial charge in [0.15, 0.2) is 5.65 Å². The lowest BCUT2D eigenvalue weighted by molar-refractivity contribution is 0.0657. The van der Waals surface area contributed by atoms with Gasteiger partial charge in [0, 0.05) is 36.9 Å². The largest absolute Gasteiger partial charge is 0.508 e. The summed E-state index contributed by atoms with van der Waals surface area (Å²) in [6.45, 7) is 8.12. The number of nitrogens with one attached hydrogen (secondary N) is 2. The number of pyridine rings is 1. The Hall–Kier alpha value is -2.93. The van der Waals surface area contributed by atoms with E-state index in [0.29, 0.717) is 23.4 Å². The first kappa shape index (κ1) is 17.5. The first-order valence-corrected chi connectivity index (χ1v) is 9.13. The maximum atomic E-state index is 13.4. The highest BCUT2D eigenvalue weighted by molar-refractivity contribution is 6.07. The second kappa shape index (κ2) is 6.66. The molecule has 3 aromatic rings. The Morgan fingerprint density at radius 1 is 1.30 bits per heavy atom. The van der Waals surface area contributed by atoms with E-state index in [0.717, 1.165) is 35.3 Å². The number of piperazine rings is 1. The van der Waals surface area contributed by atoms with Gasteiger partial charge in [-0.15, -0.1) is 0 Å². The molecule has 1 aliphatic heterocycles. The van der Waals surface area contributed by atoms with Crippen LogP contribution < -0.4 is 5.32 Å². The molecule has 1 aromatic carbocycles. The second-order valence-corrected chi connectivity index (χ2v) is 7.15. The van der Waals surface area contributed by atoms with Crippen LogP contribution >= 0.6 is 0 Å². The normalized spacial score (nSPS) is 17.4. The number of fused-ring (bicyclic) bond motifs is 1. The van der Waals surface area contributed by atoms with Gasteiger partial charge in [-0.05, 0) is 50.6 Å². The highest BCUT2D eigenvalue weighted by atomic mass is 16.3. The van der Waals surface area contributed by atoms with Crippen LogP contribution in [0.25, 0.3) is 22.3 Å². The highest BCUT2D eigenvalue weighted by Crippen LogP contribution is 2.30. The van der Waals surface area contributed by atoms with Crippen LogP contribution in [0.4, 0.5) is 0 Å². The van der Waals surface area contributed by atoms with Gasteiger partial charge in [-0.2, -0.15) is 5.10 Å². The molecule has 1 amide bonds. The van der Waals surface area contributed by atoms with E-state index in [-0.39, 0.29) is 17.7 Å². The van der Waals surface area contributed by atoms with E-state index in [1.807, 2.05) is 30.9 Å². The lowest BCUT2D eigenvalue weighted by Gasteiger charge is -2.34. The summed E-state index contributed by atoms with van der Waals surface area (Å²) in [5.74, 6) is 0.206. The zero-order chi connectivity index (χ0) is 19.1. The van der Waals surface area contributed by atoms with Gasteiger partial charge in [-0.1, -0.05) is 0 Å². The fourth-order valence-electron chi connectivity index (χ4n) is 3.71. The van der Waals surface area contributed by atoms with Crippen molar-refractivity contribution in [3.63, 3.8) is 0 Å². The molecule has 3 N–H and O–H groups in total. The minimum Gasteiger partial charge on any atom is -0.508 e. The maximum absolute atomic E-state index is 13.4. The molecule has 1 saturated heterocycles. The summed E-state index contributed by atoms with van der Waals surface area (Å²) in [5, 5.41) is 21.0. The Bertz CT molecular complexity index is 1030. The standard InChI is InChI=1S/C20H23N5O2/c1-11-8-14(26)4-5-15(11)17-9-16(18-13(3)23-24-19(18)22-17)20(27)25-7-6-21-10-12(25)2/h4-5,8-9,12,21,26H,6-7,10H2,1-3H3,(H,22,23,24). The van der Waals surface area contributed by atoms with E-state index in [4.69, 9.17) is 0 Å². The maximum Gasteiger partial charge on any atom is 0.255 e. The Kier molecular flexibility index (Phi) is 4.31. The van der Waals surface area contributed by atoms with Crippen LogP contribution in [-0.4, -0.2) is 56.8 Å². The van der Waals surface area contributed by atoms with Crippen molar-refractivity contribution in [3.05, 3.63) is 41.1 Å². The topological polar surface area (TPSA) is 94.1 Å². The van der Waals surface area contributed by atoms with Crippen molar-refractivity contribution in [2.45, 2.75) is 26.8 Å². The van der Waals surface area contributed by atoms with Crippen LogP contribution in [0.5, 0.6) is 5.75 Å². The van der Waals surface area contributed by atoms with E-state index in [1.54, 1.807) is 12.1 Å². The minimum absolute atomic E-state index is 0.00131. The Balaban J connectivity index is 1.88. The monoisotopic (exact) mass is 365 g/mol. The lowest BCUT2D eigenvalue weighted by atomic mass is 10.0. The Morgan fingerprint density at radius 2 is 2.11 bits per heavy atom. The fourth-order valence-corrected chi connectivity index (χ4v) is 3.71. The number of carbonyl (C=O) groups excluding carboxylic acids is 1. The molecular formula is C20H23N5O2. The lowest BCUT2D eigenvalue weighted by Crippen LogP contribution is -2.52. The predicted molar refractivity (Wildman–Crippen MR) is 104 cm³/mol. The van der Waals surface area contributed by atoms with Crippen molar-refractivity contribution < 1.29 is 9.90 Å². The van der Waals surface area contributed by atoms with E-state index in [2.05, 4.69) is 27.4 Å². The number of aromatic amines is 1. The summed E-state index contributed by atoms with van der Waals surface area (Å²) in [7, 11) is 0. The van der Waals surface area contributed by atoms with Gasteiger partial charge in [0.05, 0.1) is 16.6 Å². The van der Waals surface area contributed by atoms with Crippen LogP contribution in [0.2, 0.25) is 0 Å². The average molecular weight is 365 g/mol. The summed E-state index contributed by atoms with van der Waals surface area (Å²) >= 11 is 0. The molecule has 4 rings (SSSR count). The number of phenolic OH excluding ortho intramolecular Hbond substituents is 1. The smallest absolute Gasteiger partial charge is 0.255 e. The number of hydrogen-bond donors (Lipinski definition) is 3. The van der Waals surface area contributed by atoms with Crippen molar-refractivity contribution in [2.75, 3.05) is 19.6 Å². The zero-order valence-electron chi connectivity index (χ0n) is 15.7. The number of carbonyl (C=O) groups is 1. The number of H-pyrrole nitrogens is 1. The summed E-state index contributed by atoms with van der Waals surface area (Å²) in [6, 6.07) is 7.11. The molecule has 27 heavy (non-hydrogen) atoms. The Morgan fingerprint density at radius 3 is 2.85 bits per heavy atom. The molecular weight excluding hydrogens is 342 g/mol. The molecule has 2 aromatic heterocycles. The minimum atomic E-state index is -0.00131. The second-order valence-electron chi connectivity index (χ2n) is 7.15. The number of hydrogen-bond acceptors (Lipinski definition) is 5. The van der Waals surface area contributed by atoms with E-state index in [9.17, 15) is 9.90 Å². The molecule has 1 fully saturated rings. The third-order valence-electron chi connectivity index (χ3n) is 5.18. The number of amides is 1. The number of aryl methyl sites for hydroxylation is 2. The van der Waals surface area contributed by atoms with Crippen LogP contribution in [0, 0.1) is 13.8 Å². The molecule has 0 aliphatic carbocycles. The number of rotatable bonds is 2. The van der Waals surface area contributed by atoms with Crippen LogP contribution in [0.3, 0.4) is 0 Å². The SMILES string of the molecule is Cc1cc(O)ccc1-c1cc(C(=O)N2CCNCC2C)c2c(C)[nH]nc2n1. The van der Waals surface area contributed by atoms with Crippen molar-refractivity contribution >= 4 is 16.9 Å². The first-order chi connectivity index (χ1) is 13.0. The van der Waals surface area contributed by atoms with Crippen molar-refractivity contribution in [1.82, 2.24) is 25.4 Å². The molecule has 7 heteroatoms. The van der Waals surface area contributed by atoms with Gasteiger partial charge in [-0.25, -0.2) is 4.98 Å². The van der Waals surface area contributed by atoms with Gasteiger partial charge in [0.25, 0.3) is 5.91 Å². The van der Waals surface area contributed by atoms with Crippen molar-refractivity contribution in [2.24, 2.45) is 0 Å². The number of aromatic hydroxyl groups is 1.